The van der Waals surface area contributed by atoms with Crippen LogP contribution in [0.5, 0.6) is 0 Å². The second-order valence-electron chi connectivity index (χ2n) is 4.91. The maximum atomic E-state index is 11.0. The number of hydrogen-bond donors (Lipinski definition) is 2. The van der Waals surface area contributed by atoms with E-state index in [0.29, 0.717) is 17.8 Å². The van der Waals surface area contributed by atoms with Crippen molar-refractivity contribution < 1.29 is 9.90 Å². The molecule has 0 aliphatic heterocycles. The van der Waals surface area contributed by atoms with Gasteiger partial charge >= 0.3 is 0 Å². The Hall–Kier alpha value is -0.570. The molecule has 3 heteroatoms. The number of carbonyl (C=O) groups is 1. The average Bonchev–Trinajstić information content (AvgIpc) is 2.56. The number of aliphatic hydroxyl groups is 1. The SMILES string of the molecule is CC(=O)N[C@H]1CC[C@H]2[C@@H]1[C@@H](O)C[C@@H]2C. The fourth-order valence-corrected chi connectivity index (χ4v) is 3.41. The van der Waals surface area contributed by atoms with E-state index in [-0.39, 0.29) is 18.1 Å². The van der Waals surface area contributed by atoms with Crippen LogP contribution in [0.25, 0.3) is 0 Å². The number of carbonyl (C=O) groups excluding carboxylic acids is 1. The van der Waals surface area contributed by atoms with E-state index in [1.54, 1.807) is 6.92 Å². The highest BCUT2D eigenvalue weighted by atomic mass is 16.3. The average molecular weight is 197 g/mol. The Morgan fingerprint density at radius 3 is 2.79 bits per heavy atom. The van der Waals surface area contributed by atoms with E-state index in [4.69, 9.17) is 0 Å². The Labute approximate surface area is 84.9 Å². The fraction of sp³-hybridized carbons (Fsp3) is 0.909. The summed E-state index contributed by atoms with van der Waals surface area (Å²) in [6, 6.07) is 0.220. The lowest BCUT2D eigenvalue weighted by Gasteiger charge is -2.22. The lowest BCUT2D eigenvalue weighted by molar-refractivity contribution is -0.120. The van der Waals surface area contributed by atoms with Crippen LogP contribution in [-0.4, -0.2) is 23.2 Å². The number of hydrogen-bond acceptors (Lipinski definition) is 2. The second kappa shape index (κ2) is 3.54. The molecule has 0 aromatic heterocycles. The molecule has 0 radical (unpaired) electrons. The van der Waals surface area contributed by atoms with Crippen molar-refractivity contribution >= 4 is 5.91 Å². The fourth-order valence-electron chi connectivity index (χ4n) is 3.41. The Bertz CT molecular complexity index is 241. The maximum absolute atomic E-state index is 11.0. The molecule has 0 aromatic rings. The van der Waals surface area contributed by atoms with Gasteiger partial charge in [0.2, 0.25) is 5.91 Å². The molecule has 0 heterocycles. The predicted octanol–water partition coefficient (Wildman–Crippen LogP) is 0.918. The number of amides is 1. The molecule has 0 aromatic carbocycles. The minimum absolute atomic E-state index is 0.0300. The largest absolute Gasteiger partial charge is 0.393 e. The third-order valence-electron chi connectivity index (χ3n) is 3.95. The van der Waals surface area contributed by atoms with E-state index in [0.717, 1.165) is 19.3 Å². The first-order valence-corrected chi connectivity index (χ1v) is 5.54. The number of fused-ring (bicyclic) bond motifs is 1. The lowest BCUT2D eigenvalue weighted by atomic mass is 9.92. The van der Waals surface area contributed by atoms with Crippen molar-refractivity contribution in [2.24, 2.45) is 17.8 Å². The molecule has 3 nitrogen and oxygen atoms in total. The number of nitrogens with one attached hydrogen (secondary N) is 1. The minimum Gasteiger partial charge on any atom is -0.393 e. The summed E-state index contributed by atoms with van der Waals surface area (Å²) in [4.78, 5) is 11.0. The summed E-state index contributed by atoms with van der Waals surface area (Å²) in [6.45, 7) is 3.77. The summed E-state index contributed by atoms with van der Waals surface area (Å²) in [6.07, 6.45) is 2.91. The number of aliphatic hydroxyl groups excluding tert-OH is 1. The normalized spacial score (nSPS) is 46.4. The van der Waals surface area contributed by atoms with Crippen LogP contribution in [0.4, 0.5) is 0 Å². The highest BCUT2D eigenvalue weighted by molar-refractivity contribution is 5.73. The van der Waals surface area contributed by atoms with Gasteiger partial charge < -0.3 is 10.4 Å². The van der Waals surface area contributed by atoms with Crippen LogP contribution in [0, 0.1) is 17.8 Å². The molecule has 0 saturated heterocycles. The molecular formula is C11H19NO2. The summed E-state index contributed by atoms with van der Waals surface area (Å²) in [5.41, 5.74) is 0. The molecule has 0 unspecified atom stereocenters. The Balaban J connectivity index is 2.06. The molecule has 2 rings (SSSR count). The third-order valence-corrected chi connectivity index (χ3v) is 3.95. The highest BCUT2D eigenvalue weighted by Gasteiger charge is 2.48. The van der Waals surface area contributed by atoms with Crippen molar-refractivity contribution in [2.75, 3.05) is 0 Å². The van der Waals surface area contributed by atoms with E-state index in [2.05, 4.69) is 12.2 Å². The molecule has 2 aliphatic rings. The highest BCUT2D eigenvalue weighted by Crippen LogP contribution is 2.47. The minimum atomic E-state index is -0.200. The van der Waals surface area contributed by atoms with Gasteiger partial charge in [0.1, 0.15) is 0 Å². The first-order valence-electron chi connectivity index (χ1n) is 5.54. The molecule has 1 amide bonds. The van der Waals surface area contributed by atoms with Crippen molar-refractivity contribution in [3.05, 3.63) is 0 Å². The molecule has 80 valence electrons. The molecule has 2 N–H and O–H groups in total. The van der Waals surface area contributed by atoms with Gasteiger partial charge in [-0.3, -0.25) is 4.79 Å². The van der Waals surface area contributed by atoms with Gasteiger partial charge in [-0.25, -0.2) is 0 Å². The van der Waals surface area contributed by atoms with Gasteiger partial charge in [-0.1, -0.05) is 6.92 Å². The summed E-state index contributed by atoms with van der Waals surface area (Å²) in [7, 11) is 0. The summed E-state index contributed by atoms with van der Waals surface area (Å²) in [5.74, 6) is 1.59. The third kappa shape index (κ3) is 1.54. The van der Waals surface area contributed by atoms with Gasteiger partial charge in [-0.2, -0.15) is 0 Å². The number of rotatable bonds is 1. The van der Waals surface area contributed by atoms with Crippen LogP contribution in [0.3, 0.4) is 0 Å². The van der Waals surface area contributed by atoms with Crippen molar-refractivity contribution in [3.63, 3.8) is 0 Å². The van der Waals surface area contributed by atoms with Gasteiger partial charge in [0.15, 0.2) is 0 Å². The van der Waals surface area contributed by atoms with Crippen LogP contribution >= 0.6 is 0 Å². The van der Waals surface area contributed by atoms with Crippen LogP contribution in [-0.2, 0) is 4.79 Å². The topological polar surface area (TPSA) is 49.3 Å². The molecule has 0 spiro atoms. The molecule has 14 heavy (non-hydrogen) atoms. The van der Waals surface area contributed by atoms with E-state index in [1.807, 2.05) is 0 Å². The van der Waals surface area contributed by atoms with Crippen LogP contribution in [0.2, 0.25) is 0 Å². The summed E-state index contributed by atoms with van der Waals surface area (Å²) in [5, 5.41) is 12.9. The molecule has 0 bridgehead atoms. The molecule has 2 aliphatic carbocycles. The molecule has 2 fully saturated rings. The first-order chi connectivity index (χ1) is 6.59. The van der Waals surface area contributed by atoms with E-state index in [9.17, 15) is 9.90 Å². The van der Waals surface area contributed by atoms with E-state index >= 15 is 0 Å². The zero-order valence-corrected chi connectivity index (χ0v) is 8.86. The second-order valence-corrected chi connectivity index (χ2v) is 4.91. The van der Waals surface area contributed by atoms with Crippen LogP contribution in [0.15, 0.2) is 0 Å². The molecule has 2 saturated carbocycles. The van der Waals surface area contributed by atoms with E-state index < -0.39 is 0 Å². The van der Waals surface area contributed by atoms with Crippen molar-refractivity contribution in [3.8, 4) is 0 Å². The van der Waals surface area contributed by atoms with E-state index in [1.165, 1.54) is 0 Å². The monoisotopic (exact) mass is 197 g/mol. The zero-order valence-electron chi connectivity index (χ0n) is 8.86. The van der Waals surface area contributed by atoms with Gasteiger partial charge in [-0.15, -0.1) is 0 Å². The van der Waals surface area contributed by atoms with Gasteiger partial charge in [-0.05, 0) is 31.1 Å². The first kappa shape index (κ1) is 9.97. The van der Waals surface area contributed by atoms with Crippen molar-refractivity contribution in [2.45, 2.75) is 45.3 Å². The zero-order chi connectivity index (χ0) is 10.3. The van der Waals surface area contributed by atoms with Crippen molar-refractivity contribution in [1.82, 2.24) is 5.32 Å². The Kier molecular flexibility index (Phi) is 2.52. The van der Waals surface area contributed by atoms with Crippen molar-refractivity contribution in [1.29, 1.82) is 0 Å². The lowest BCUT2D eigenvalue weighted by Crippen LogP contribution is -2.40. The summed E-state index contributed by atoms with van der Waals surface area (Å²) < 4.78 is 0. The summed E-state index contributed by atoms with van der Waals surface area (Å²) >= 11 is 0. The van der Waals surface area contributed by atoms with Gasteiger partial charge in [0.25, 0.3) is 0 Å². The predicted molar refractivity (Wildman–Crippen MR) is 53.6 cm³/mol. The Morgan fingerprint density at radius 2 is 2.14 bits per heavy atom. The van der Waals surface area contributed by atoms with Crippen LogP contribution in [0.1, 0.15) is 33.1 Å². The quantitative estimate of drug-likeness (QED) is 0.656. The van der Waals surface area contributed by atoms with Gasteiger partial charge in [0.05, 0.1) is 6.10 Å². The van der Waals surface area contributed by atoms with Gasteiger partial charge in [0, 0.05) is 18.9 Å². The smallest absolute Gasteiger partial charge is 0.217 e. The van der Waals surface area contributed by atoms with Crippen LogP contribution < -0.4 is 5.32 Å². The molecular weight excluding hydrogens is 178 g/mol. The molecule has 5 atom stereocenters. The standard InChI is InChI=1S/C11H19NO2/c1-6-5-10(14)11-8(6)3-4-9(11)12-7(2)13/h6,8-11,14H,3-5H2,1-2H3,(H,12,13)/t6-,8+,9-,10-,11-/m0/s1. The maximum Gasteiger partial charge on any atom is 0.217 e. The Morgan fingerprint density at radius 1 is 1.43 bits per heavy atom.